The highest BCUT2D eigenvalue weighted by molar-refractivity contribution is 5.68. The van der Waals surface area contributed by atoms with Crippen LogP contribution in [0.15, 0.2) is 0 Å². The van der Waals surface area contributed by atoms with E-state index in [4.69, 9.17) is 4.74 Å². The lowest BCUT2D eigenvalue weighted by Gasteiger charge is -2.24. The van der Waals surface area contributed by atoms with Gasteiger partial charge in [0.2, 0.25) is 0 Å². The lowest BCUT2D eigenvalue weighted by Crippen LogP contribution is -2.39. The Labute approximate surface area is 122 Å². The zero-order valence-electron chi connectivity index (χ0n) is 13.3. The summed E-state index contributed by atoms with van der Waals surface area (Å²) in [6.45, 7) is 10.8. The molecule has 5 heteroatoms. The number of rotatable bonds is 3. The Morgan fingerprint density at radius 3 is 2.60 bits per heavy atom. The second kappa shape index (κ2) is 6.31. The van der Waals surface area contributed by atoms with Crippen molar-refractivity contribution in [2.24, 2.45) is 5.92 Å². The van der Waals surface area contributed by atoms with Crippen molar-refractivity contribution in [3.63, 3.8) is 0 Å². The largest absolute Gasteiger partial charge is 0.444 e. The first kappa shape index (κ1) is 15.6. The molecular weight excluding hydrogens is 254 g/mol. The number of amides is 1. The smallest absolute Gasteiger partial charge is 0.410 e. The van der Waals surface area contributed by atoms with Crippen LogP contribution in [0.5, 0.6) is 0 Å². The molecule has 0 bridgehead atoms. The van der Waals surface area contributed by atoms with Gasteiger partial charge in [-0.05, 0) is 59.7 Å². The molecule has 0 aliphatic carbocycles. The lowest BCUT2D eigenvalue weighted by atomic mass is 10.1. The van der Waals surface area contributed by atoms with Crippen molar-refractivity contribution in [2.75, 3.05) is 39.8 Å². The molecule has 2 saturated heterocycles. The van der Waals surface area contributed by atoms with Crippen LogP contribution in [0.25, 0.3) is 0 Å². The van der Waals surface area contributed by atoms with E-state index in [0.717, 1.165) is 32.0 Å². The Kier molecular flexibility index (Phi) is 4.91. The normalized spacial score (nSPS) is 28.1. The summed E-state index contributed by atoms with van der Waals surface area (Å²) in [5, 5.41) is 3.62. The third kappa shape index (κ3) is 4.63. The topological polar surface area (TPSA) is 44.8 Å². The van der Waals surface area contributed by atoms with E-state index in [1.807, 2.05) is 25.7 Å². The average molecular weight is 283 g/mol. The van der Waals surface area contributed by atoms with Gasteiger partial charge < -0.3 is 19.9 Å². The van der Waals surface area contributed by atoms with Crippen LogP contribution in [0, 0.1) is 5.92 Å². The number of hydrogen-bond donors (Lipinski definition) is 1. The molecule has 2 aliphatic rings. The van der Waals surface area contributed by atoms with Gasteiger partial charge in [0.25, 0.3) is 0 Å². The van der Waals surface area contributed by atoms with Crippen molar-refractivity contribution >= 4 is 6.09 Å². The maximum Gasteiger partial charge on any atom is 0.410 e. The second-order valence-electron chi connectivity index (χ2n) is 7.24. The third-order valence-electron chi connectivity index (χ3n) is 4.02. The molecule has 2 unspecified atom stereocenters. The van der Waals surface area contributed by atoms with Crippen LogP contribution < -0.4 is 5.32 Å². The van der Waals surface area contributed by atoms with E-state index in [9.17, 15) is 4.79 Å². The van der Waals surface area contributed by atoms with Crippen LogP contribution in [0.2, 0.25) is 0 Å². The maximum absolute atomic E-state index is 12.0. The molecule has 1 amide bonds. The van der Waals surface area contributed by atoms with Crippen LogP contribution in [-0.4, -0.2) is 67.3 Å². The van der Waals surface area contributed by atoms with Crippen molar-refractivity contribution in [1.82, 2.24) is 15.1 Å². The molecule has 0 radical (unpaired) electrons. The molecule has 0 aromatic rings. The van der Waals surface area contributed by atoms with Gasteiger partial charge >= 0.3 is 6.09 Å². The molecule has 0 aromatic heterocycles. The molecule has 116 valence electrons. The minimum Gasteiger partial charge on any atom is -0.444 e. The quantitative estimate of drug-likeness (QED) is 0.853. The second-order valence-corrected chi connectivity index (χ2v) is 7.24. The van der Waals surface area contributed by atoms with E-state index in [1.165, 1.54) is 19.5 Å². The predicted octanol–water partition coefficient (Wildman–Crippen LogP) is 1.54. The van der Waals surface area contributed by atoms with E-state index in [-0.39, 0.29) is 6.09 Å². The summed E-state index contributed by atoms with van der Waals surface area (Å²) in [5.41, 5.74) is -0.406. The van der Waals surface area contributed by atoms with E-state index in [0.29, 0.717) is 6.04 Å². The number of nitrogens with one attached hydrogen (secondary N) is 1. The Morgan fingerprint density at radius 2 is 2.00 bits per heavy atom. The van der Waals surface area contributed by atoms with Crippen molar-refractivity contribution in [2.45, 2.75) is 45.3 Å². The molecule has 1 N–H and O–H groups in total. The Hall–Kier alpha value is -0.810. The molecule has 0 saturated carbocycles. The number of carbonyl (C=O) groups is 1. The van der Waals surface area contributed by atoms with Gasteiger partial charge in [0.05, 0.1) is 0 Å². The monoisotopic (exact) mass is 283 g/mol. The average Bonchev–Trinajstić information content (AvgIpc) is 2.93. The summed E-state index contributed by atoms with van der Waals surface area (Å²) >= 11 is 0. The van der Waals surface area contributed by atoms with Crippen molar-refractivity contribution < 1.29 is 9.53 Å². The van der Waals surface area contributed by atoms with E-state index in [1.54, 1.807) is 0 Å². The number of carbonyl (C=O) groups excluding carboxylic acids is 1. The van der Waals surface area contributed by atoms with Gasteiger partial charge in [-0.25, -0.2) is 4.79 Å². The van der Waals surface area contributed by atoms with Gasteiger partial charge in [-0.3, -0.25) is 0 Å². The summed E-state index contributed by atoms with van der Waals surface area (Å²) in [4.78, 5) is 16.2. The minimum absolute atomic E-state index is 0.178. The first-order valence-electron chi connectivity index (χ1n) is 7.73. The van der Waals surface area contributed by atoms with Crippen molar-refractivity contribution in [1.29, 1.82) is 0 Å². The SMILES string of the molecule is CN1CCC(CNC2CCN(C(=O)OC(C)(C)C)C2)C1. The highest BCUT2D eigenvalue weighted by atomic mass is 16.6. The minimum atomic E-state index is -0.406. The fourth-order valence-corrected chi connectivity index (χ4v) is 2.95. The van der Waals surface area contributed by atoms with E-state index < -0.39 is 5.60 Å². The van der Waals surface area contributed by atoms with Crippen molar-refractivity contribution in [3.8, 4) is 0 Å². The Balaban J connectivity index is 1.68. The van der Waals surface area contributed by atoms with Crippen LogP contribution in [-0.2, 0) is 4.74 Å². The zero-order valence-corrected chi connectivity index (χ0v) is 13.3. The van der Waals surface area contributed by atoms with Gasteiger partial charge in [0, 0.05) is 25.7 Å². The van der Waals surface area contributed by atoms with Crippen LogP contribution in [0.4, 0.5) is 4.79 Å². The van der Waals surface area contributed by atoms with E-state index in [2.05, 4.69) is 17.3 Å². The Bertz CT molecular complexity index is 341. The molecule has 5 nitrogen and oxygen atoms in total. The maximum atomic E-state index is 12.0. The molecule has 0 aromatic carbocycles. The summed E-state index contributed by atoms with van der Waals surface area (Å²) in [6, 6.07) is 0.424. The summed E-state index contributed by atoms with van der Waals surface area (Å²) in [6.07, 6.45) is 2.13. The number of hydrogen-bond acceptors (Lipinski definition) is 4. The van der Waals surface area contributed by atoms with Gasteiger partial charge in [-0.2, -0.15) is 0 Å². The summed E-state index contributed by atoms with van der Waals surface area (Å²) in [7, 11) is 2.18. The molecule has 2 fully saturated rings. The molecule has 0 spiro atoms. The van der Waals surface area contributed by atoms with Crippen LogP contribution in [0.1, 0.15) is 33.6 Å². The molecular formula is C15H29N3O2. The molecule has 2 atom stereocenters. The van der Waals surface area contributed by atoms with Crippen LogP contribution in [0.3, 0.4) is 0 Å². The molecule has 2 aliphatic heterocycles. The van der Waals surface area contributed by atoms with Gasteiger partial charge in [0.15, 0.2) is 0 Å². The van der Waals surface area contributed by atoms with Crippen molar-refractivity contribution in [3.05, 3.63) is 0 Å². The lowest BCUT2D eigenvalue weighted by molar-refractivity contribution is 0.0291. The first-order valence-corrected chi connectivity index (χ1v) is 7.73. The fourth-order valence-electron chi connectivity index (χ4n) is 2.95. The highest BCUT2D eigenvalue weighted by Crippen LogP contribution is 2.17. The van der Waals surface area contributed by atoms with Gasteiger partial charge in [-0.15, -0.1) is 0 Å². The van der Waals surface area contributed by atoms with Crippen LogP contribution >= 0.6 is 0 Å². The number of likely N-dealkylation sites (tertiary alicyclic amines) is 2. The van der Waals surface area contributed by atoms with E-state index >= 15 is 0 Å². The molecule has 2 heterocycles. The molecule has 2 rings (SSSR count). The fraction of sp³-hybridized carbons (Fsp3) is 0.933. The standard InChI is InChI=1S/C15H29N3O2/c1-15(2,3)20-14(19)18-8-6-13(11-18)16-9-12-5-7-17(4)10-12/h12-13,16H,5-11H2,1-4H3. The third-order valence-corrected chi connectivity index (χ3v) is 4.02. The molecule has 20 heavy (non-hydrogen) atoms. The first-order chi connectivity index (χ1) is 9.33. The highest BCUT2D eigenvalue weighted by Gasteiger charge is 2.30. The summed E-state index contributed by atoms with van der Waals surface area (Å²) < 4.78 is 5.41. The zero-order chi connectivity index (χ0) is 14.8. The summed E-state index contributed by atoms with van der Waals surface area (Å²) in [5.74, 6) is 0.760. The van der Waals surface area contributed by atoms with Gasteiger partial charge in [-0.1, -0.05) is 0 Å². The van der Waals surface area contributed by atoms with Gasteiger partial charge in [0.1, 0.15) is 5.60 Å². The number of nitrogens with zero attached hydrogens (tertiary/aromatic N) is 2. The predicted molar refractivity (Wildman–Crippen MR) is 79.8 cm³/mol. The Morgan fingerprint density at radius 1 is 1.25 bits per heavy atom. The number of ether oxygens (including phenoxy) is 1.